The Labute approximate surface area is 213 Å². The van der Waals surface area contributed by atoms with Crippen molar-refractivity contribution < 1.29 is 22.7 Å². The Morgan fingerprint density at radius 2 is 1.76 bits per heavy atom. The molecule has 2 aliphatic heterocycles. The quantitative estimate of drug-likeness (QED) is 0.532. The summed E-state index contributed by atoms with van der Waals surface area (Å²) < 4.78 is 45.7. The molecular weight excluding hydrogens is 483 g/mol. The second-order valence-electron chi connectivity index (χ2n) is 9.76. The number of rotatable bonds is 5. The highest BCUT2D eigenvalue weighted by Crippen LogP contribution is 2.37. The first-order chi connectivity index (χ1) is 17.6. The summed E-state index contributed by atoms with van der Waals surface area (Å²) in [5.74, 6) is 0.641. The maximum atomic E-state index is 13.5. The summed E-state index contributed by atoms with van der Waals surface area (Å²) in [6.45, 7) is 8.78. The van der Waals surface area contributed by atoms with E-state index < -0.39 is 17.8 Å². The average Bonchev–Trinajstić information content (AvgIpc) is 2.84. The van der Waals surface area contributed by atoms with E-state index in [1.165, 1.54) is 13.0 Å². The van der Waals surface area contributed by atoms with E-state index in [1.807, 2.05) is 36.9 Å². The molecule has 2 aromatic carbocycles. The Kier molecular flexibility index (Phi) is 6.70. The van der Waals surface area contributed by atoms with Crippen LogP contribution >= 0.6 is 0 Å². The van der Waals surface area contributed by atoms with Crippen molar-refractivity contribution in [2.24, 2.45) is 5.92 Å². The molecule has 3 aromatic rings. The van der Waals surface area contributed by atoms with Gasteiger partial charge < -0.3 is 19.9 Å². The van der Waals surface area contributed by atoms with Gasteiger partial charge in [-0.1, -0.05) is 24.3 Å². The van der Waals surface area contributed by atoms with Gasteiger partial charge in [0.05, 0.1) is 41.8 Å². The fraction of sp³-hybridized carbons (Fsp3) is 0.444. The molecule has 7 nitrogen and oxygen atoms in total. The predicted octanol–water partition coefficient (Wildman–Crippen LogP) is 4.73. The fourth-order valence-corrected chi connectivity index (χ4v) is 5.20. The van der Waals surface area contributed by atoms with Crippen LogP contribution in [0.15, 0.2) is 36.4 Å². The number of nitrogens with zero attached hydrogens (tertiary/aromatic N) is 4. The fourth-order valence-electron chi connectivity index (χ4n) is 5.20. The van der Waals surface area contributed by atoms with Crippen molar-refractivity contribution in [3.8, 4) is 0 Å². The van der Waals surface area contributed by atoms with Gasteiger partial charge in [0.15, 0.2) is 5.82 Å². The molecule has 2 saturated heterocycles. The first kappa shape index (κ1) is 25.3. The molecular formula is C27H30F3N5O2. The highest BCUT2D eigenvalue weighted by molar-refractivity contribution is 6.03. The van der Waals surface area contributed by atoms with E-state index in [9.17, 15) is 18.0 Å². The SMILES string of the molecule is Cc1c(C(C)Nc2nnc(C)c3cccc(N4CCN(C(=O)C5COC5)CC4)c23)cccc1C(F)(F)F. The van der Waals surface area contributed by atoms with Gasteiger partial charge in [-0.05, 0) is 44.0 Å². The maximum absolute atomic E-state index is 13.5. The van der Waals surface area contributed by atoms with Gasteiger partial charge in [0, 0.05) is 37.3 Å². The zero-order valence-electron chi connectivity index (χ0n) is 21.1. The van der Waals surface area contributed by atoms with E-state index in [2.05, 4.69) is 20.4 Å². The number of halogens is 3. The average molecular weight is 514 g/mol. The van der Waals surface area contributed by atoms with E-state index in [0.717, 1.165) is 28.2 Å². The van der Waals surface area contributed by atoms with Crippen LogP contribution in [0.25, 0.3) is 10.8 Å². The molecule has 0 aliphatic carbocycles. The number of hydrogen-bond donors (Lipinski definition) is 1. The lowest BCUT2D eigenvalue weighted by atomic mass is 9.97. The second-order valence-corrected chi connectivity index (χ2v) is 9.76. The van der Waals surface area contributed by atoms with Gasteiger partial charge in [0.1, 0.15) is 0 Å². The molecule has 0 spiro atoms. The Hall–Kier alpha value is -3.40. The third kappa shape index (κ3) is 4.82. The predicted molar refractivity (Wildman–Crippen MR) is 136 cm³/mol. The normalized spacial score (nSPS) is 17.6. The number of carbonyl (C=O) groups excluding carboxylic acids is 1. The van der Waals surface area contributed by atoms with E-state index in [0.29, 0.717) is 50.8 Å². The second kappa shape index (κ2) is 9.81. The molecule has 2 aliphatic rings. The highest BCUT2D eigenvalue weighted by atomic mass is 19.4. The summed E-state index contributed by atoms with van der Waals surface area (Å²) in [7, 11) is 0. The number of fused-ring (bicyclic) bond motifs is 1. The van der Waals surface area contributed by atoms with Gasteiger partial charge in [-0.25, -0.2) is 0 Å². The summed E-state index contributed by atoms with van der Waals surface area (Å²) >= 11 is 0. The van der Waals surface area contributed by atoms with Gasteiger partial charge in [0.25, 0.3) is 0 Å². The minimum atomic E-state index is -4.42. The van der Waals surface area contributed by atoms with E-state index in [-0.39, 0.29) is 17.4 Å². The third-order valence-electron chi connectivity index (χ3n) is 7.39. The zero-order valence-corrected chi connectivity index (χ0v) is 21.1. The van der Waals surface area contributed by atoms with Crippen molar-refractivity contribution in [2.45, 2.75) is 33.0 Å². The van der Waals surface area contributed by atoms with Gasteiger partial charge in [0.2, 0.25) is 5.91 Å². The molecule has 0 saturated carbocycles. The van der Waals surface area contributed by atoms with Crippen molar-refractivity contribution in [3.63, 3.8) is 0 Å². The van der Waals surface area contributed by atoms with Crippen LogP contribution in [-0.2, 0) is 15.7 Å². The monoisotopic (exact) mass is 513 g/mol. The van der Waals surface area contributed by atoms with Crippen LogP contribution < -0.4 is 10.2 Å². The number of aromatic nitrogens is 2. The van der Waals surface area contributed by atoms with Gasteiger partial charge in [-0.3, -0.25) is 4.79 Å². The summed E-state index contributed by atoms with van der Waals surface area (Å²) in [4.78, 5) is 16.8. The minimum Gasteiger partial charge on any atom is -0.380 e. The lowest BCUT2D eigenvalue weighted by Crippen LogP contribution is -2.53. The summed E-state index contributed by atoms with van der Waals surface area (Å²) in [6.07, 6.45) is -4.42. The van der Waals surface area contributed by atoms with Crippen LogP contribution in [0.2, 0.25) is 0 Å². The molecule has 1 aromatic heterocycles. The smallest absolute Gasteiger partial charge is 0.380 e. The molecule has 196 valence electrons. The Morgan fingerprint density at radius 1 is 1.05 bits per heavy atom. The standard InChI is InChI=1S/C27H30F3N5O2/c1-16-20(6-4-8-22(16)27(28,29)30)17(2)31-25-24-21(18(3)32-33-25)7-5-9-23(24)34-10-12-35(13-11-34)26(36)19-14-37-15-19/h4-9,17,19H,10-15H2,1-3H3,(H,31,33). The number of hydrogen-bond acceptors (Lipinski definition) is 6. The van der Waals surface area contributed by atoms with Crippen LogP contribution in [0.3, 0.4) is 0 Å². The van der Waals surface area contributed by atoms with Crippen molar-refractivity contribution in [1.82, 2.24) is 15.1 Å². The van der Waals surface area contributed by atoms with E-state index >= 15 is 0 Å². The Bertz CT molecular complexity index is 1320. The first-order valence-electron chi connectivity index (χ1n) is 12.5. The minimum absolute atomic E-state index is 0.0291. The highest BCUT2D eigenvalue weighted by Gasteiger charge is 2.34. The molecule has 0 radical (unpaired) electrons. The number of benzene rings is 2. The number of anilines is 2. The molecule has 10 heteroatoms. The van der Waals surface area contributed by atoms with Crippen molar-refractivity contribution in [2.75, 3.05) is 49.6 Å². The first-order valence-corrected chi connectivity index (χ1v) is 12.5. The van der Waals surface area contributed by atoms with Crippen LogP contribution in [0.5, 0.6) is 0 Å². The maximum Gasteiger partial charge on any atom is 0.416 e. The molecule has 37 heavy (non-hydrogen) atoms. The molecule has 5 rings (SSSR count). The molecule has 2 fully saturated rings. The van der Waals surface area contributed by atoms with E-state index in [4.69, 9.17) is 4.74 Å². The largest absolute Gasteiger partial charge is 0.416 e. The number of ether oxygens (including phenoxy) is 1. The number of carbonyl (C=O) groups is 1. The van der Waals surface area contributed by atoms with Crippen LogP contribution in [0.1, 0.15) is 35.3 Å². The lowest BCUT2D eigenvalue weighted by Gasteiger charge is -2.39. The van der Waals surface area contributed by atoms with E-state index in [1.54, 1.807) is 6.07 Å². The Morgan fingerprint density at radius 3 is 2.41 bits per heavy atom. The molecule has 0 bridgehead atoms. The van der Waals surface area contributed by atoms with Gasteiger partial charge in [-0.15, -0.1) is 5.10 Å². The number of alkyl halides is 3. The molecule has 1 unspecified atom stereocenters. The number of nitrogens with one attached hydrogen (secondary N) is 1. The van der Waals surface area contributed by atoms with Crippen molar-refractivity contribution in [3.05, 3.63) is 58.8 Å². The summed E-state index contributed by atoms with van der Waals surface area (Å²) in [5.41, 5.74) is 1.83. The van der Waals surface area contributed by atoms with Crippen LogP contribution in [0, 0.1) is 19.8 Å². The molecule has 1 amide bonds. The van der Waals surface area contributed by atoms with Gasteiger partial charge in [-0.2, -0.15) is 18.3 Å². The third-order valence-corrected chi connectivity index (χ3v) is 7.39. The molecule has 3 heterocycles. The summed E-state index contributed by atoms with van der Waals surface area (Å²) in [6, 6.07) is 9.78. The molecule has 1 atom stereocenters. The van der Waals surface area contributed by atoms with Crippen molar-refractivity contribution in [1.29, 1.82) is 0 Å². The van der Waals surface area contributed by atoms with Gasteiger partial charge >= 0.3 is 6.18 Å². The van der Waals surface area contributed by atoms with Crippen LogP contribution in [-0.4, -0.2) is 60.4 Å². The number of amides is 1. The zero-order chi connectivity index (χ0) is 26.3. The Balaban J connectivity index is 1.44. The summed E-state index contributed by atoms with van der Waals surface area (Å²) in [5, 5.41) is 13.9. The number of aryl methyl sites for hydroxylation is 1. The topological polar surface area (TPSA) is 70.6 Å². The van der Waals surface area contributed by atoms with Crippen molar-refractivity contribution >= 4 is 28.2 Å². The van der Waals surface area contributed by atoms with Crippen LogP contribution in [0.4, 0.5) is 24.7 Å². The number of piperazine rings is 1. The molecule has 1 N–H and O–H groups in total. The lowest BCUT2D eigenvalue weighted by molar-refractivity contribution is -0.150.